The third-order valence-corrected chi connectivity index (χ3v) is 4.76. The first-order valence-corrected chi connectivity index (χ1v) is 8.40. The summed E-state index contributed by atoms with van der Waals surface area (Å²) in [6, 6.07) is 13.6. The monoisotopic (exact) mass is 340 g/mol. The Hall–Kier alpha value is -2.69. The predicted molar refractivity (Wildman–Crippen MR) is 98.7 cm³/mol. The molecular formula is C20H24N2O3. The Morgan fingerprint density at radius 3 is 2.40 bits per heavy atom. The molecular weight excluding hydrogens is 316 g/mol. The molecule has 0 aromatic heterocycles. The highest BCUT2D eigenvalue weighted by Gasteiger charge is 2.44. The lowest BCUT2D eigenvalue weighted by Crippen LogP contribution is -2.35. The van der Waals surface area contributed by atoms with Gasteiger partial charge in [-0.05, 0) is 37.5 Å². The molecule has 1 saturated carbocycles. The molecule has 25 heavy (non-hydrogen) atoms. The van der Waals surface area contributed by atoms with E-state index in [1.54, 1.807) is 32.4 Å². The first-order chi connectivity index (χ1) is 12.1. The van der Waals surface area contributed by atoms with E-state index in [2.05, 4.69) is 41.8 Å². The molecule has 0 saturated heterocycles. The first-order valence-electron chi connectivity index (χ1n) is 8.40. The fraction of sp³-hybridized carbons (Fsp3) is 0.350. The van der Waals surface area contributed by atoms with Gasteiger partial charge >= 0.3 is 6.03 Å². The smallest absolute Gasteiger partial charge is 0.319 e. The van der Waals surface area contributed by atoms with Crippen LogP contribution in [0, 0.1) is 6.92 Å². The number of amides is 2. The van der Waals surface area contributed by atoms with Crippen molar-refractivity contribution in [1.82, 2.24) is 5.32 Å². The van der Waals surface area contributed by atoms with Crippen molar-refractivity contribution >= 4 is 11.7 Å². The molecule has 2 aromatic rings. The Labute approximate surface area is 148 Å². The Kier molecular flexibility index (Phi) is 4.83. The zero-order valence-electron chi connectivity index (χ0n) is 14.9. The second-order valence-corrected chi connectivity index (χ2v) is 6.52. The number of carbonyl (C=O) groups excluding carboxylic acids is 1. The average molecular weight is 340 g/mol. The molecule has 0 spiro atoms. The van der Waals surface area contributed by atoms with Crippen LogP contribution in [0.25, 0.3) is 0 Å². The summed E-state index contributed by atoms with van der Waals surface area (Å²) in [6.07, 6.45) is 2.20. The lowest BCUT2D eigenvalue weighted by atomic mass is 9.95. The lowest BCUT2D eigenvalue weighted by Gasteiger charge is -2.18. The summed E-state index contributed by atoms with van der Waals surface area (Å²) in [6.45, 7) is 2.71. The van der Waals surface area contributed by atoms with Gasteiger partial charge in [-0.1, -0.05) is 29.8 Å². The maximum Gasteiger partial charge on any atom is 0.319 e. The minimum Gasteiger partial charge on any atom is -0.497 e. The van der Waals surface area contributed by atoms with E-state index >= 15 is 0 Å². The van der Waals surface area contributed by atoms with E-state index < -0.39 is 0 Å². The van der Waals surface area contributed by atoms with Gasteiger partial charge in [0.05, 0.1) is 19.9 Å². The van der Waals surface area contributed by atoms with Gasteiger partial charge in [-0.3, -0.25) is 0 Å². The number of hydrogen-bond donors (Lipinski definition) is 2. The first kappa shape index (κ1) is 17.1. The Morgan fingerprint density at radius 1 is 1.08 bits per heavy atom. The highest BCUT2D eigenvalue weighted by atomic mass is 16.5. The van der Waals surface area contributed by atoms with E-state index in [1.807, 2.05) is 0 Å². The van der Waals surface area contributed by atoms with Gasteiger partial charge in [-0.25, -0.2) is 4.79 Å². The summed E-state index contributed by atoms with van der Waals surface area (Å²) in [5.74, 6) is 1.24. The van der Waals surface area contributed by atoms with Crippen molar-refractivity contribution < 1.29 is 14.3 Å². The number of aryl methyl sites for hydroxylation is 1. The van der Waals surface area contributed by atoms with Crippen molar-refractivity contribution in [2.75, 3.05) is 26.1 Å². The van der Waals surface area contributed by atoms with Crippen LogP contribution < -0.4 is 20.1 Å². The van der Waals surface area contributed by atoms with Crippen molar-refractivity contribution in [1.29, 1.82) is 0 Å². The van der Waals surface area contributed by atoms with Gasteiger partial charge in [-0.2, -0.15) is 0 Å². The highest BCUT2D eigenvalue weighted by molar-refractivity contribution is 5.91. The van der Waals surface area contributed by atoms with Crippen molar-refractivity contribution in [3.63, 3.8) is 0 Å². The molecule has 0 unspecified atom stereocenters. The average Bonchev–Trinajstić information content (AvgIpc) is 3.42. The second kappa shape index (κ2) is 7.05. The zero-order chi connectivity index (χ0) is 17.9. The van der Waals surface area contributed by atoms with E-state index in [9.17, 15) is 4.79 Å². The topological polar surface area (TPSA) is 59.6 Å². The van der Waals surface area contributed by atoms with Gasteiger partial charge in [-0.15, -0.1) is 0 Å². The van der Waals surface area contributed by atoms with Crippen molar-refractivity contribution in [2.45, 2.75) is 25.2 Å². The maximum absolute atomic E-state index is 12.3. The number of benzene rings is 2. The molecule has 0 aliphatic heterocycles. The molecule has 2 aromatic carbocycles. The largest absolute Gasteiger partial charge is 0.497 e. The van der Waals surface area contributed by atoms with E-state index in [0.29, 0.717) is 23.7 Å². The van der Waals surface area contributed by atoms with Crippen LogP contribution in [0.1, 0.15) is 24.0 Å². The van der Waals surface area contributed by atoms with E-state index in [0.717, 1.165) is 12.8 Å². The summed E-state index contributed by atoms with van der Waals surface area (Å²) >= 11 is 0. The van der Waals surface area contributed by atoms with Crippen LogP contribution in [0.5, 0.6) is 11.5 Å². The number of carbonyl (C=O) groups is 1. The Balaban J connectivity index is 1.61. The third-order valence-electron chi connectivity index (χ3n) is 4.76. The van der Waals surface area contributed by atoms with Crippen molar-refractivity contribution in [2.24, 2.45) is 0 Å². The van der Waals surface area contributed by atoms with Crippen LogP contribution in [0.3, 0.4) is 0 Å². The predicted octanol–water partition coefficient (Wildman–Crippen LogP) is 3.87. The number of methoxy groups -OCH3 is 2. The fourth-order valence-corrected chi connectivity index (χ4v) is 2.94. The molecule has 0 heterocycles. The van der Waals surface area contributed by atoms with E-state index in [1.165, 1.54) is 11.1 Å². The number of ether oxygens (including phenoxy) is 2. The van der Waals surface area contributed by atoms with Crippen molar-refractivity contribution in [3.8, 4) is 11.5 Å². The molecule has 1 aliphatic carbocycles. The Morgan fingerprint density at radius 2 is 1.80 bits per heavy atom. The van der Waals surface area contributed by atoms with Crippen LogP contribution in [0.2, 0.25) is 0 Å². The van der Waals surface area contributed by atoms with Gasteiger partial charge in [0.2, 0.25) is 0 Å². The molecule has 132 valence electrons. The minimum atomic E-state index is -0.234. The zero-order valence-corrected chi connectivity index (χ0v) is 14.9. The quantitative estimate of drug-likeness (QED) is 0.839. The summed E-state index contributed by atoms with van der Waals surface area (Å²) in [5.41, 5.74) is 3.23. The molecule has 0 radical (unpaired) electrons. The fourth-order valence-electron chi connectivity index (χ4n) is 2.94. The summed E-state index contributed by atoms with van der Waals surface area (Å²) < 4.78 is 10.5. The molecule has 5 heteroatoms. The number of rotatable bonds is 6. The van der Waals surface area contributed by atoms with Crippen LogP contribution in [-0.2, 0) is 5.41 Å². The van der Waals surface area contributed by atoms with Gasteiger partial charge in [0.1, 0.15) is 11.5 Å². The molecule has 1 aliphatic rings. The van der Waals surface area contributed by atoms with E-state index in [4.69, 9.17) is 9.47 Å². The lowest BCUT2D eigenvalue weighted by molar-refractivity contribution is 0.251. The number of hydrogen-bond acceptors (Lipinski definition) is 3. The molecule has 3 rings (SSSR count). The van der Waals surface area contributed by atoms with Crippen LogP contribution >= 0.6 is 0 Å². The third kappa shape index (κ3) is 3.87. The standard InChI is InChI=1S/C20H24N2O3/c1-14-4-6-15(7-5-14)20(10-11-20)13-21-19(23)22-17-9-8-16(24-2)12-18(17)25-3/h4-9,12H,10-11,13H2,1-3H3,(H2,21,22,23). The SMILES string of the molecule is COc1ccc(NC(=O)NCC2(c3ccc(C)cc3)CC2)c(OC)c1. The highest BCUT2D eigenvalue weighted by Crippen LogP contribution is 2.47. The summed E-state index contributed by atoms with van der Waals surface area (Å²) in [5, 5.41) is 5.83. The Bertz CT molecular complexity index is 752. The molecule has 2 N–H and O–H groups in total. The summed E-state index contributed by atoms with van der Waals surface area (Å²) in [7, 11) is 3.16. The second-order valence-electron chi connectivity index (χ2n) is 6.52. The van der Waals surface area contributed by atoms with Crippen LogP contribution in [0.4, 0.5) is 10.5 Å². The van der Waals surface area contributed by atoms with Crippen LogP contribution in [-0.4, -0.2) is 26.8 Å². The van der Waals surface area contributed by atoms with Gasteiger partial charge in [0.25, 0.3) is 0 Å². The van der Waals surface area contributed by atoms with Crippen LogP contribution in [0.15, 0.2) is 42.5 Å². The van der Waals surface area contributed by atoms with Gasteiger partial charge in [0.15, 0.2) is 0 Å². The maximum atomic E-state index is 12.3. The normalized spacial score (nSPS) is 14.5. The molecule has 0 atom stereocenters. The van der Waals surface area contributed by atoms with Gasteiger partial charge in [0, 0.05) is 18.0 Å². The molecule has 1 fully saturated rings. The number of anilines is 1. The minimum absolute atomic E-state index is 0.0784. The molecule has 2 amide bonds. The summed E-state index contributed by atoms with van der Waals surface area (Å²) in [4.78, 5) is 12.3. The number of nitrogens with one attached hydrogen (secondary N) is 2. The molecule has 0 bridgehead atoms. The van der Waals surface area contributed by atoms with E-state index in [-0.39, 0.29) is 11.4 Å². The van der Waals surface area contributed by atoms with Gasteiger partial charge < -0.3 is 20.1 Å². The van der Waals surface area contributed by atoms with Crippen molar-refractivity contribution in [3.05, 3.63) is 53.6 Å². The number of urea groups is 1. The molecule has 5 nitrogen and oxygen atoms in total.